The second-order valence-corrected chi connectivity index (χ2v) is 6.17. The number of carboxylic acids is 1. The van der Waals surface area contributed by atoms with E-state index in [1.165, 1.54) is 6.92 Å². The van der Waals surface area contributed by atoms with Crippen molar-refractivity contribution >= 4 is 15.8 Å². The summed E-state index contributed by atoms with van der Waals surface area (Å²) in [5.74, 6) is -4.55. The van der Waals surface area contributed by atoms with Crippen LogP contribution in [0.4, 0.5) is 8.78 Å². The molecule has 1 aromatic carbocycles. The van der Waals surface area contributed by atoms with Gasteiger partial charge < -0.3 is 5.11 Å². The van der Waals surface area contributed by atoms with Crippen LogP contribution in [0.2, 0.25) is 0 Å². The highest BCUT2D eigenvalue weighted by Gasteiger charge is 2.28. The first-order valence-corrected chi connectivity index (χ1v) is 6.72. The Morgan fingerprint density at radius 2 is 1.94 bits per heavy atom. The summed E-state index contributed by atoms with van der Waals surface area (Å²) < 4.78 is 50.5. The van der Waals surface area contributed by atoms with E-state index in [-0.39, 0.29) is 6.42 Å². The number of rotatable bonds is 4. The Kier molecular flexibility index (Phi) is 4.05. The largest absolute Gasteiger partial charge is 0.478 e. The van der Waals surface area contributed by atoms with Crippen molar-refractivity contribution in [2.24, 2.45) is 0 Å². The third kappa shape index (κ3) is 2.50. The molecule has 1 unspecified atom stereocenters. The fourth-order valence-electron chi connectivity index (χ4n) is 1.33. The van der Waals surface area contributed by atoms with Crippen LogP contribution in [0.3, 0.4) is 0 Å². The molecule has 1 rings (SSSR count). The van der Waals surface area contributed by atoms with Crippen molar-refractivity contribution < 1.29 is 27.1 Å². The number of hydrogen-bond donors (Lipinski definition) is 1. The smallest absolute Gasteiger partial charge is 0.335 e. The molecular weight excluding hydrogens is 266 g/mol. The number of halogens is 2. The third-order valence-corrected chi connectivity index (χ3v) is 4.96. The van der Waals surface area contributed by atoms with Crippen LogP contribution in [0.25, 0.3) is 0 Å². The van der Waals surface area contributed by atoms with E-state index in [9.17, 15) is 22.0 Å². The Bertz CT molecular complexity index is 581. The number of benzene rings is 1. The zero-order valence-electron chi connectivity index (χ0n) is 9.78. The topological polar surface area (TPSA) is 71.4 Å². The zero-order valence-corrected chi connectivity index (χ0v) is 10.6. The molecule has 0 saturated carbocycles. The summed E-state index contributed by atoms with van der Waals surface area (Å²) in [6.45, 7) is 2.93. The fraction of sp³-hybridized carbons (Fsp3) is 0.364. The lowest BCUT2D eigenvalue weighted by Gasteiger charge is -2.12. The zero-order chi connectivity index (χ0) is 14.1. The molecule has 0 aromatic heterocycles. The Hall–Kier alpha value is -1.50. The third-order valence-electron chi connectivity index (χ3n) is 2.65. The van der Waals surface area contributed by atoms with Crippen molar-refractivity contribution in [2.75, 3.05) is 0 Å². The molecule has 0 radical (unpaired) electrons. The van der Waals surface area contributed by atoms with E-state index >= 15 is 0 Å². The standard InChI is InChI=1S/C11H12F2O4S/c1-3-6(2)18(16,17)9-5-7(11(14)15)4-8(12)10(9)13/h4-6H,3H2,1-2H3,(H,14,15). The summed E-state index contributed by atoms with van der Waals surface area (Å²) in [7, 11) is -4.08. The first kappa shape index (κ1) is 14.6. The predicted octanol–water partition coefficient (Wildman–Crippen LogP) is 2.24. The van der Waals surface area contributed by atoms with Gasteiger partial charge in [0, 0.05) is 0 Å². The van der Waals surface area contributed by atoms with Crippen molar-refractivity contribution in [3.8, 4) is 0 Å². The molecule has 0 fully saturated rings. The van der Waals surface area contributed by atoms with E-state index in [1.54, 1.807) is 6.92 Å². The van der Waals surface area contributed by atoms with Gasteiger partial charge in [0.05, 0.1) is 10.8 Å². The van der Waals surface area contributed by atoms with E-state index in [1.807, 2.05) is 0 Å². The van der Waals surface area contributed by atoms with Crippen molar-refractivity contribution in [2.45, 2.75) is 30.4 Å². The van der Waals surface area contributed by atoms with Crippen molar-refractivity contribution in [1.82, 2.24) is 0 Å². The molecule has 0 spiro atoms. The quantitative estimate of drug-likeness (QED) is 0.916. The minimum atomic E-state index is -4.08. The van der Waals surface area contributed by atoms with Gasteiger partial charge in [-0.3, -0.25) is 0 Å². The summed E-state index contributed by atoms with van der Waals surface area (Å²) in [4.78, 5) is 9.79. The molecule has 0 saturated heterocycles. The number of carboxylic acid groups (broad SMARTS) is 1. The van der Waals surface area contributed by atoms with Gasteiger partial charge in [0.25, 0.3) is 0 Å². The van der Waals surface area contributed by atoms with Gasteiger partial charge in [-0.25, -0.2) is 22.0 Å². The van der Waals surface area contributed by atoms with Crippen LogP contribution in [-0.4, -0.2) is 24.7 Å². The molecule has 7 heteroatoms. The summed E-state index contributed by atoms with van der Waals surface area (Å²) in [6.07, 6.45) is 0.209. The van der Waals surface area contributed by atoms with Crippen LogP contribution >= 0.6 is 0 Å². The molecule has 18 heavy (non-hydrogen) atoms. The Morgan fingerprint density at radius 1 is 1.39 bits per heavy atom. The number of sulfone groups is 1. The molecule has 0 amide bonds. The molecule has 4 nitrogen and oxygen atoms in total. The predicted molar refractivity (Wildman–Crippen MR) is 60.3 cm³/mol. The summed E-state index contributed by atoms with van der Waals surface area (Å²) in [5.41, 5.74) is -0.601. The lowest BCUT2D eigenvalue weighted by Crippen LogP contribution is -2.19. The van der Waals surface area contributed by atoms with Gasteiger partial charge >= 0.3 is 5.97 Å². The second-order valence-electron chi connectivity index (χ2n) is 3.84. The maximum absolute atomic E-state index is 13.5. The van der Waals surface area contributed by atoms with Crippen LogP contribution in [0.15, 0.2) is 17.0 Å². The molecular formula is C11H12F2O4S. The van der Waals surface area contributed by atoms with Gasteiger partial charge in [0.15, 0.2) is 21.5 Å². The molecule has 0 aliphatic heterocycles. The normalized spacial score (nSPS) is 13.3. The highest BCUT2D eigenvalue weighted by Crippen LogP contribution is 2.24. The maximum atomic E-state index is 13.5. The van der Waals surface area contributed by atoms with Gasteiger partial charge in [-0.1, -0.05) is 6.92 Å². The molecule has 0 heterocycles. The van der Waals surface area contributed by atoms with Crippen molar-refractivity contribution in [3.05, 3.63) is 29.3 Å². The molecule has 1 atom stereocenters. The molecule has 1 N–H and O–H groups in total. The number of carbonyl (C=O) groups is 1. The Balaban J connectivity index is 3.55. The van der Waals surface area contributed by atoms with Crippen molar-refractivity contribution in [1.29, 1.82) is 0 Å². The Labute approximate surface area is 103 Å². The number of hydrogen-bond acceptors (Lipinski definition) is 3. The van der Waals surface area contributed by atoms with Crippen LogP contribution in [-0.2, 0) is 9.84 Å². The van der Waals surface area contributed by atoms with E-state index in [4.69, 9.17) is 5.11 Å². The monoisotopic (exact) mass is 278 g/mol. The van der Waals surface area contributed by atoms with Crippen LogP contribution in [0.1, 0.15) is 30.6 Å². The molecule has 100 valence electrons. The lowest BCUT2D eigenvalue weighted by molar-refractivity contribution is 0.0696. The number of aromatic carboxylic acids is 1. The van der Waals surface area contributed by atoms with E-state index in [2.05, 4.69) is 0 Å². The van der Waals surface area contributed by atoms with Crippen molar-refractivity contribution in [3.63, 3.8) is 0 Å². The fourth-order valence-corrected chi connectivity index (χ4v) is 2.84. The van der Waals surface area contributed by atoms with Gasteiger partial charge in [0.2, 0.25) is 0 Å². The van der Waals surface area contributed by atoms with Crippen LogP contribution in [0.5, 0.6) is 0 Å². The van der Waals surface area contributed by atoms with Gasteiger partial charge in [0.1, 0.15) is 4.90 Å². The van der Waals surface area contributed by atoms with Gasteiger partial charge in [-0.05, 0) is 25.5 Å². The van der Waals surface area contributed by atoms with Crippen LogP contribution < -0.4 is 0 Å². The summed E-state index contributed by atoms with van der Waals surface area (Å²) in [6, 6.07) is 1.09. The summed E-state index contributed by atoms with van der Waals surface area (Å²) in [5, 5.41) is 7.78. The first-order chi connectivity index (χ1) is 8.21. The van der Waals surface area contributed by atoms with E-state index < -0.39 is 43.1 Å². The van der Waals surface area contributed by atoms with Gasteiger partial charge in [-0.15, -0.1) is 0 Å². The maximum Gasteiger partial charge on any atom is 0.335 e. The SMILES string of the molecule is CCC(C)S(=O)(=O)c1cc(C(=O)O)cc(F)c1F. The minimum absolute atomic E-state index is 0.209. The van der Waals surface area contributed by atoms with Gasteiger partial charge in [-0.2, -0.15) is 0 Å². The highest BCUT2D eigenvalue weighted by atomic mass is 32.2. The highest BCUT2D eigenvalue weighted by molar-refractivity contribution is 7.92. The molecule has 1 aromatic rings. The second kappa shape index (κ2) is 5.01. The van der Waals surface area contributed by atoms with E-state index in [0.29, 0.717) is 12.1 Å². The lowest BCUT2D eigenvalue weighted by atomic mass is 10.2. The minimum Gasteiger partial charge on any atom is -0.478 e. The Morgan fingerprint density at radius 3 is 2.39 bits per heavy atom. The average Bonchev–Trinajstić information content (AvgIpc) is 2.30. The molecule has 0 aliphatic carbocycles. The summed E-state index contributed by atoms with van der Waals surface area (Å²) >= 11 is 0. The average molecular weight is 278 g/mol. The molecule has 0 bridgehead atoms. The molecule has 0 aliphatic rings. The van der Waals surface area contributed by atoms with Crippen LogP contribution in [0, 0.1) is 11.6 Å². The van der Waals surface area contributed by atoms with E-state index in [0.717, 1.165) is 0 Å². The first-order valence-electron chi connectivity index (χ1n) is 5.18.